The van der Waals surface area contributed by atoms with Crippen LogP contribution in [0, 0.1) is 0 Å². The fraction of sp³-hybridized carbons (Fsp3) is 0.545. The van der Waals surface area contributed by atoms with Gasteiger partial charge in [0.15, 0.2) is 17.7 Å². The molecule has 1 aliphatic heterocycles. The summed E-state index contributed by atoms with van der Waals surface area (Å²) >= 11 is 0. The lowest BCUT2D eigenvalue weighted by Gasteiger charge is -2.42. The molecular formula is C22H27F3N4O2. The average Bonchev–Trinajstić information content (AvgIpc) is 3.09. The van der Waals surface area contributed by atoms with Crippen molar-refractivity contribution in [3.63, 3.8) is 0 Å². The van der Waals surface area contributed by atoms with Crippen molar-refractivity contribution in [1.29, 1.82) is 0 Å². The summed E-state index contributed by atoms with van der Waals surface area (Å²) in [4.78, 5) is 14.1. The zero-order chi connectivity index (χ0) is 22.2. The van der Waals surface area contributed by atoms with E-state index in [0.717, 1.165) is 38.9 Å². The second-order valence-corrected chi connectivity index (χ2v) is 8.66. The summed E-state index contributed by atoms with van der Waals surface area (Å²) in [5, 5.41) is 17.4. The Labute approximate surface area is 179 Å². The Morgan fingerprint density at radius 3 is 2.23 bits per heavy atom. The van der Waals surface area contributed by atoms with E-state index in [1.165, 1.54) is 43.8 Å². The maximum atomic E-state index is 13.0. The third-order valence-corrected chi connectivity index (χ3v) is 6.60. The number of benzene rings is 1. The van der Waals surface area contributed by atoms with Crippen LogP contribution in [0.2, 0.25) is 0 Å². The molecule has 0 radical (unpaired) electrons. The summed E-state index contributed by atoms with van der Waals surface area (Å²) in [7, 11) is 0. The SMILES string of the molecule is C[C@@](O)(c1ccc(Nc2nn(C3CCC(N4CCC4)CC3)cc2C=O)cc1)C(F)(F)F. The van der Waals surface area contributed by atoms with E-state index in [1.54, 1.807) is 6.20 Å². The molecule has 1 aliphatic carbocycles. The Morgan fingerprint density at radius 2 is 1.71 bits per heavy atom. The third-order valence-electron chi connectivity index (χ3n) is 6.60. The smallest absolute Gasteiger partial charge is 0.376 e. The number of rotatable bonds is 6. The van der Waals surface area contributed by atoms with E-state index in [9.17, 15) is 23.1 Å². The molecule has 1 saturated heterocycles. The molecule has 1 aromatic carbocycles. The Morgan fingerprint density at radius 1 is 1.10 bits per heavy atom. The van der Waals surface area contributed by atoms with Gasteiger partial charge in [-0.05, 0) is 69.8 Å². The Bertz CT molecular complexity index is 912. The van der Waals surface area contributed by atoms with E-state index in [4.69, 9.17) is 0 Å². The predicted octanol–water partition coefficient (Wildman–Crippen LogP) is 4.40. The minimum absolute atomic E-state index is 0.232. The first-order valence-electron chi connectivity index (χ1n) is 10.6. The lowest BCUT2D eigenvalue weighted by Crippen LogP contribution is -2.46. The van der Waals surface area contributed by atoms with E-state index in [0.29, 0.717) is 23.1 Å². The first kappa shape index (κ1) is 21.8. The molecule has 2 N–H and O–H groups in total. The van der Waals surface area contributed by atoms with Gasteiger partial charge in [-0.15, -0.1) is 0 Å². The monoisotopic (exact) mass is 436 g/mol. The Balaban J connectivity index is 1.44. The summed E-state index contributed by atoms with van der Waals surface area (Å²) in [6.45, 7) is 3.10. The lowest BCUT2D eigenvalue weighted by molar-refractivity contribution is -0.258. The number of alkyl halides is 3. The molecule has 0 bridgehead atoms. The number of anilines is 2. The molecule has 0 spiro atoms. The summed E-state index contributed by atoms with van der Waals surface area (Å²) in [5.74, 6) is 0.371. The van der Waals surface area contributed by atoms with Gasteiger partial charge in [-0.2, -0.15) is 18.3 Å². The van der Waals surface area contributed by atoms with Gasteiger partial charge in [0.2, 0.25) is 0 Å². The van der Waals surface area contributed by atoms with Gasteiger partial charge < -0.3 is 15.3 Å². The molecule has 168 valence electrons. The molecular weight excluding hydrogens is 409 g/mol. The third kappa shape index (κ3) is 4.34. The largest absolute Gasteiger partial charge is 0.421 e. The highest BCUT2D eigenvalue weighted by Crippen LogP contribution is 2.39. The molecule has 9 heteroatoms. The number of aliphatic hydroxyl groups is 1. The van der Waals surface area contributed by atoms with E-state index >= 15 is 0 Å². The van der Waals surface area contributed by atoms with Crippen molar-refractivity contribution in [2.75, 3.05) is 18.4 Å². The van der Waals surface area contributed by atoms with Crippen molar-refractivity contribution in [3.05, 3.63) is 41.6 Å². The van der Waals surface area contributed by atoms with Crippen molar-refractivity contribution >= 4 is 17.8 Å². The van der Waals surface area contributed by atoms with Gasteiger partial charge in [-0.1, -0.05) is 12.1 Å². The summed E-state index contributed by atoms with van der Waals surface area (Å²) in [5.41, 5.74) is -2.31. The fourth-order valence-corrected chi connectivity index (χ4v) is 4.35. The molecule has 2 heterocycles. The van der Waals surface area contributed by atoms with Gasteiger partial charge in [0.1, 0.15) is 0 Å². The number of hydrogen-bond acceptors (Lipinski definition) is 5. The number of nitrogens with zero attached hydrogens (tertiary/aromatic N) is 3. The number of aromatic nitrogens is 2. The maximum absolute atomic E-state index is 13.0. The molecule has 4 rings (SSSR count). The minimum Gasteiger partial charge on any atom is -0.376 e. The molecule has 1 saturated carbocycles. The number of carbonyl (C=O) groups is 1. The van der Waals surface area contributed by atoms with Crippen LogP contribution in [0.25, 0.3) is 0 Å². The van der Waals surface area contributed by atoms with Crippen LogP contribution in [0.3, 0.4) is 0 Å². The van der Waals surface area contributed by atoms with Crippen LogP contribution >= 0.6 is 0 Å². The first-order valence-corrected chi connectivity index (χ1v) is 10.6. The van der Waals surface area contributed by atoms with Gasteiger partial charge in [0.25, 0.3) is 0 Å². The number of carbonyl (C=O) groups excluding carboxylic acids is 1. The zero-order valence-electron chi connectivity index (χ0n) is 17.4. The van der Waals surface area contributed by atoms with Gasteiger partial charge in [-0.3, -0.25) is 9.48 Å². The minimum atomic E-state index is -4.78. The van der Waals surface area contributed by atoms with Gasteiger partial charge in [-0.25, -0.2) is 0 Å². The van der Waals surface area contributed by atoms with Crippen LogP contribution in [0.4, 0.5) is 24.7 Å². The molecule has 1 atom stereocenters. The predicted molar refractivity (Wildman–Crippen MR) is 110 cm³/mol. The zero-order valence-corrected chi connectivity index (χ0v) is 17.4. The molecule has 6 nitrogen and oxygen atoms in total. The molecule has 2 fully saturated rings. The fourth-order valence-electron chi connectivity index (χ4n) is 4.35. The van der Waals surface area contributed by atoms with Crippen molar-refractivity contribution in [1.82, 2.24) is 14.7 Å². The van der Waals surface area contributed by atoms with E-state index < -0.39 is 11.8 Å². The van der Waals surface area contributed by atoms with E-state index in [2.05, 4.69) is 15.3 Å². The van der Waals surface area contributed by atoms with Crippen LogP contribution in [-0.2, 0) is 5.60 Å². The van der Waals surface area contributed by atoms with Crippen LogP contribution in [0.1, 0.15) is 61.0 Å². The second kappa shape index (κ2) is 8.27. The van der Waals surface area contributed by atoms with E-state index in [1.807, 2.05) is 4.68 Å². The van der Waals surface area contributed by atoms with Crippen molar-refractivity contribution in [2.24, 2.45) is 0 Å². The van der Waals surface area contributed by atoms with Crippen LogP contribution < -0.4 is 5.32 Å². The number of likely N-dealkylation sites (tertiary alicyclic amines) is 1. The normalized spacial score (nSPS) is 24.3. The number of aldehydes is 1. The first-order chi connectivity index (χ1) is 14.7. The van der Waals surface area contributed by atoms with Gasteiger partial charge in [0, 0.05) is 17.9 Å². The quantitative estimate of drug-likeness (QED) is 0.657. The average molecular weight is 436 g/mol. The summed E-state index contributed by atoms with van der Waals surface area (Å²) in [6, 6.07) is 6.17. The molecule has 2 aromatic rings. The topological polar surface area (TPSA) is 70.4 Å². The Kier molecular flexibility index (Phi) is 5.83. The van der Waals surface area contributed by atoms with E-state index in [-0.39, 0.29) is 11.6 Å². The molecule has 2 aliphatic rings. The summed E-state index contributed by atoms with van der Waals surface area (Å²) < 4.78 is 40.9. The molecule has 1 aromatic heterocycles. The van der Waals surface area contributed by atoms with Crippen LogP contribution in [0.15, 0.2) is 30.5 Å². The second-order valence-electron chi connectivity index (χ2n) is 8.66. The summed E-state index contributed by atoms with van der Waals surface area (Å²) in [6.07, 6.45) is 3.19. The highest BCUT2D eigenvalue weighted by atomic mass is 19.4. The lowest BCUT2D eigenvalue weighted by atomic mass is 9.89. The number of hydrogen-bond donors (Lipinski definition) is 2. The Hall–Kier alpha value is -2.39. The molecule has 31 heavy (non-hydrogen) atoms. The molecule has 0 amide bonds. The van der Waals surface area contributed by atoms with Gasteiger partial charge in [0.05, 0.1) is 11.6 Å². The van der Waals surface area contributed by atoms with Crippen molar-refractivity contribution in [3.8, 4) is 0 Å². The maximum Gasteiger partial charge on any atom is 0.421 e. The van der Waals surface area contributed by atoms with Crippen LogP contribution in [0.5, 0.6) is 0 Å². The number of nitrogens with one attached hydrogen (secondary N) is 1. The number of halogens is 3. The van der Waals surface area contributed by atoms with Crippen molar-refractivity contribution in [2.45, 2.75) is 62.9 Å². The van der Waals surface area contributed by atoms with Crippen molar-refractivity contribution < 1.29 is 23.1 Å². The highest BCUT2D eigenvalue weighted by Gasteiger charge is 2.51. The van der Waals surface area contributed by atoms with Crippen LogP contribution in [-0.4, -0.2) is 51.4 Å². The van der Waals surface area contributed by atoms with Gasteiger partial charge >= 0.3 is 6.18 Å². The standard InChI is InChI=1S/C22H27F3N4O2/c1-21(31,22(23,24)25)16-3-5-17(6-4-16)26-20-15(14-30)13-29(27-20)19-9-7-18(8-10-19)28-11-2-12-28/h3-6,13-14,18-19,31H,2,7-12H2,1H3,(H,26,27)/t18?,19?,21-/m1/s1. The highest BCUT2D eigenvalue weighted by molar-refractivity contribution is 5.83. The molecule has 0 unspecified atom stereocenters.